The molecule has 0 saturated heterocycles. The van der Waals surface area contributed by atoms with Crippen molar-refractivity contribution in [2.24, 2.45) is 0 Å². The minimum atomic E-state index is -3.71. The van der Waals surface area contributed by atoms with Gasteiger partial charge in [-0.3, -0.25) is 0 Å². The van der Waals surface area contributed by atoms with Crippen LogP contribution < -0.4 is 4.74 Å². The van der Waals surface area contributed by atoms with Gasteiger partial charge in [0.2, 0.25) is 0 Å². The molecule has 0 radical (unpaired) electrons. The van der Waals surface area contributed by atoms with Crippen molar-refractivity contribution in [3.05, 3.63) is 66.5 Å². The Balaban J connectivity index is 1.96. The van der Waals surface area contributed by atoms with E-state index in [1.807, 2.05) is 31.2 Å². The summed E-state index contributed by atoms with van der Waals surface area (Å²) in [7, 11) is -3.71. The first-order valence-corrected chi connectivity index (χ1v) is 10.0. The van der Waals surface area contributed by atoms with E-state index < -0.39 is 10.0 Å². The molecule has 0 bridgehead atoms. The van der Waals surface area contributed by atoms with E-state index in [0.29, 0.717) is 23.7 Å². The number of aromatic nitrogens is 2. The summed E-state index contributed by atoms with van der Waals surface area (Å²) in [5, 5.41) is 0. The van der Waals surface area contributed by atoms with E-state index in [0.717, 1.165) is 18.4 Å². The van der Waals surface area contributed by atoms with Gasteiger partial charge < -0.3 is 4.74 Å². The van der Waals surface area contributed by atoms with Crippen molar-refractivity contribution >= 4 is 10.0 Å². The normalized spacial score (nSPS) is 11.5. The fourth-order valence-electron chi connectivity index (χ4n) is 2.57. The first kappa shape index (κ1) is 18.2. The molecule has 0 saturated carbocycles. The lowest BCUT2D eigenvalue weighted by atomic mass is 10.2. The highest BCUT2D eigenvalue weighted by Crippen LogP contribution is 2.26. The molecular weight excluding hydrogens is 348 g/mol. The number of hydrogen-bond donors (Lipinski definition) is 0. The number of ether oxygens (including phenoxy) is 1. The van der Waals surface area contributed by atoms with Crippen molar-refractivity contribution in [3.63, 3.8) is 0 Å². The third kappa shape index (κ3) is 3.80. The van der Waals surface area contributed by atoms with Gasteiger partial charge in [-0.1, -0.05) is 43.2 Å². The molecule has 0 fully saturated rings. The molecule has 5 nitrogen and oxygen atoms in total. The van der Waals surface area contributed by atoms with Gasteiger partial charge in [-0.15, -0.1) is 0 Å². The van der Waals surface area contributed by atoms with Gasteiger partial charge in [-0.25, -0.2) is 17.4 Å². The smallest absolute Gasteiger partial charge is 0.269 e. The SMILES string of the molecule is CCCCOc1cccc(-c2nccn2S(=O)(=O)c2ccc(C)cc2)c1. The summed E-state index contributed by atoms with van der Waals surface area (Å²) >= 11 is 0. The number of hydrogen-bond acceptors (Lipinski definition) is 4. The lowest BCUT2D eigenvalue weighted by Crippen LogP contribution is -2.13. The van der Waals surface area contributed by atoms with Gasteiger partial charge in [0, 0.05) is 18.0 Å². The molecular formula is C20H22N2O3S. The number of rotatable bonds is 7. The van der Waals surface area contributed by atoms with Crippen molar-refractivity contribution in [3.8, 4) is 17.1 Å². The van der Waals surface area contributed by atoms with E-state index in [4.69, 9.17) is 4.74 Å². The molecule has 136 valence electrons. The van der Waals surface area contributed by atoms with Crippen LogP contribution in [-0.4, -0.2) is 24.0 Å². The number of nitrogens with zero attached hydrogens (tertiary/aromatic N) is 2. The molecule has 0 unspecified atom stereocenters. The molecule has 2 aromatic carbocycles. The third-order valence-electron chi connectivity index (χ3n) is 4.04. The van der Waals surface area contributed by atoms with Crippen LogP contribution in [-0.2, 0) is 10.0 Å². The van der Waals surface area contributed by atoms with E-state index in [-0.39, 0.29) is 4.90 Å². The fourth-order valence-corrected chi connectivity index (χ4v) is 3.87. The van der Waals surface area contributed by atoms with Gasteiger partial charge in [0.1, 0.15) is 5.75 Å². The van der Waals surface area contributed by atoms with Gasteiger partial charge in [-0.05, 0) is 37.6 Å². The highest BCUT2D eigenvalue weighted by molar-refractivity contribution is 7.90. The van der Waals surface area contributed by atoms with Crippen LogP contribution in [0.25, 0.3) is 11.4 Å². The maximum absolute atomic E-state index is 13.0. The van der Waals surface area contributed by atoms with E-state index in [1.165, 1.54) is 16.4 Å². The summed E-state index contributed by atoms with van der Waals surface area (Å²) in [5.41, 5.74) is 1.70. The number of benzene rings is 2. The van der Waals surface area contributed by atoms with Gasteiger partial charge in [0.15, 0.2) is 5.82 Å². The predicted molar refractivity (Wildman–Crippen MR) is 102 cm³/mol. The summed E-state index contributed by atoms with van der Waals surface area (Å²) < 4.78 is 32.9. The van der Waals surface area contributed by atoms with Crippen LogP contribution in [0.1, 0.15) is 25.3 Å². The summed E-state index contributed by atoms with van der Waals surface area (Å²) in [6.45, 7) is 4.66. The molecule has 0 atom stereocenters. The Kier molecular flexibility index (Phi) is 5.42. The third-order valence-corrected chi connectivity index (χ3v) is 5.72. The Hall–Kier alpha value is -2.60. The second-order valence-corrected chi connectivity index (χ2v) is 7.91. The number of aryl methyl sites for hydroxylation is 1. The van der Waals surface area contributed by atoms with Crippen LogP contribution in [0, 0.1) is 6.92 Å². The van der Waals surface area contributed by atoms with Gasteiger partial charge in [-0.2, -0.15) is 0 Å². The second-order valence-electron chi connectivity index (χ2n) is 6.09. The predicted octanol–water partition coefficient (Wildman–Crippen LogP) is 4.27. The summed E-state index contributed by atoms with van der Waals surface area (Å²) in [6.07, 6.45) is 4.99. The van der Waals surface area contributed by atoms with Crippen LogP contribution in [0.3, 0.4) is 0 Å². The zero-order valence-corrected chi connectivity index (χ0v) is 15.7. The van der Waals surface area contributed by atoms with E-state index in [2.05, 4.69) is 11.9 Å². The molecule has 6 heteroatoms. The molecule has 0 N–H and O–H groups in total. The molecule has 0 aliphatic rings. The van der Waals surface area contributed by atoms with Crippen molar-refractivity contribution in [2.75, 3.05) is 6.61 Å². The Morgan fingerprint density at radius 2 is 1.88 bits per heavy atom. The Bertz CT molecular complexity index is 976. The molecule has 0 spiro atoms. The fraction of sp³-hybridized carbons (Fsp3) is 0.250. The van der Waals surface area contributed by atoms with Crippen molar-refractivity contribution < 1.29 is 13.2 Å². The lowest BCUT2D eigenvalue weighted by Gasteiger charge is -2.11. The molecule has 3 aromatic rings. The quantitative estimate of drug-likeness (QED) is 0.583. The Labute approximate surface area is 154 Å². The largest absolute Gasteiger partial charge is 0.494 e. The van der Waals surface area contributed by atoms with Gasteiger partial charge in [0.05, 0.1) is 11.5 Å². The van der Waals surface area contributed by atoms with E-state index in [1.54, 1.807) is 24.3 Å². The van der Waals surface area contributed by atoms with Crippen molar-refractivity contribution in [1.82, 2.24) is 8.96 Å². The molecule has 3 rings (SSSR count). The van der Waals surface area contributed by atoms with E-state index >= 15 is 0 Å². The maximum Gasteiger partial charge on any atom is 0.269 e. The number of imidazole rings is 1. The molecule has 0 aliphatic heterocycles. The van der Waals surface area contributed by atoms with Gasteiger partial charge >= 0.3 is 0 Å². The molecule has 0 amide bonds. The Morgan fingerprint density at radius 3 is 2.62 bits per heavy atom. The summed E-state index contributed by atoms with van der Waals surface area (Å²) in [6, 6.07) is 14.1. The average molecular weight is 370 g/mol. The van der Waals surface area contributed by atoms with Crippen LogP contribution in [0.2, 0.25) is 0 Å². The molecule has 0 aliphatic carbocycles. The minimum Gasteiger partial charge on any atom is -0.494 e. The summed E-state index contributed by atoms with van der Waals surface area (Å²) in [4.78, 5) is 4.50. The minimum absolute atomic E-state index is 0.234. The zero-order chi connectivity index (χ0) is 18.6. The van der Waals surface area contributed by atoms with Gasteiger partial charge in [0.25, 0.3) is 10.0 Å². The molecule has 26 heavy (non-hydrogen) atoms. The van der Waals surface area contributed by atoms with Crippen molar-refractivity contribution in [2.45, 2.75) is 31.6 Å². The maximum atomic E-state index is 13.0. The van der Waals surface area contributed by atoms with Crippen molar-refractivity contribution in [1.29, 1.82) is 0 Å². The summed E-state index contributed by atoms with van der Waals surface area (Å²) in [5.74, 6) is 1.07. The highest BCUT2D eigenvalue weighted by Gasteiger charge is 2.21. The molecule has 1 aromatic heterocycles. The van der Waals surface area contributed by atoms with Crippen LogP contribution in [0.15, 0.2) is 65.8 Å². The Morgan fingerprint density at radius 1 is 1.12 bits per heavy atom. The molecule has 1 heterocycles. The first-order valence-electron chi connectivity index (χ1n) is 8.61. The van der Waals surface area contributed by atoms with E-state index in [9.17, 15) is 8.42 Å². The first-order chi connectivity index (χ1) is 12.5. The lowest BCUT2D eigenvalue weighted by molar-refractivity contribution is 0.309. The zero-order valence-electron chi connectivity index (χ0n) is 14.9. The number of unbranched alkanes of at least 4 members (excludes halogenated alkanes) is 1. The second kappa shape index (κ2) is 7.74. The average Bonchev–Trinajstić information content (AvgIpc) is 3.13. The van der Waals surface area contributed by atoms with Crippen LogP contribution >= 0.6 is 0 Å². The monoisotopic (exact) mass is 370 g/mol. The highest BCUT2D eigenvalue weighted by atomic mass is 32.2. The standard InChI is InChI=1S/C20H22N2O3S/c1-3-4-14-25-18-7-5-6-17(15-18)20-21-12-13-22(20)26(23,24)19-10-8-16(2)9-11-19/h5-13,15H,3-4,14H2,1-2H3. The van der Waals surface area contributed by atoms with Crippen LogP contribution in [0.4, 0.5) is 0 Å². The topological polar surface area (TPSA) is 61.2 Å². The van der Waals surface area contributed by atoms with Crippen LogP contribution in [0.5, 0.6) is 5.75 Å².